The zero-order valence-electron chi connectivity index (χ0n) is 13.2. The number of aromatic nitrogens is 3. The summed E-state index contributed by atoms with van der Waals surface area (Å²) in [6.45, 7) is 1.61. The van der Waals surface area contributed by atoms with Crippen molar-refractivity contribution in [3.8, 4) is 5.75 Å². The Balaban J connectivity index is 1.85. The molecule has 1 aromatic carbocycles. The van der Waals surface area contributed by atoms with Crippen molar-refractivity contribution in [2.45, 2.75) is 19.4 Å². The number of aromatic hydroxyl groups is 1. The second kappa shape index (κ2) is 5.96. The second-order valence-electron chi connectivity index (χ2n) is 5.74. The lowest BCUT2D eigenvalue weighted by molar-refractivity contribution is 0.431. The minimum atomic E-state index is -0.612. The maximum atomic E-state index is 12.2. The molecular formula is C17H13BrN4O3. The minimum absolute atomic E-state index is 0.0713. The van der Waals surface area contributed by atoms with Gasteiger partial charge in [-0.2, -0.15) is 10.1 Å². The number of hydrogen-bond acceptors (Lipinski definition) is 6. The maximum absolute atomic E-state index is 12.2. The van der Waals surface area contributed by atoms with Gasteiger partial charge in [0.25, 0.3) is 0 Å². The summed E-state index contributed by atoms with van der Waals surface area (Å²) in [7, 11) is 0. The van der Waals surface area contributed by atoms with E-state index in [4.69, 9.17) is 4.42 Å². The molecule has 1 N–H and O–H groups in total. The largest absolute Gasteiger partial charge is 0.507 e. The van der Waals surface area contributed by atoms with Crippen LogP contribution in [-0.4, -0.2) is 25.6 Å². The summed E-state index contributed by atoms with van der Waals surface area (Å²) in [5.41, 5.74) is 0.888. The van der Waals surface area contributed by atoms with E-state index in [0.29, 0.717) is 23.8 Å². The van der Waals surface area contributed by atoms with Crippen LogP contribution in [0.15, 0.2) is 55.3 Å². The average molecular weight is 401 g/mol. The lowest BCUT2D eigenvalue weighted by atomic mass is 9.96. The van der Waals surface area contributed by atoms with E-state index in [-0.39, 0.29) is 17.4 Å². The van der Waals surface area contributed by atoms with Gasteiger partial charge in [-0.25, -0.2) is 14.5 Å². The van der Waals surface area contributed by atoms with Gasteiger partial charge in [-0.15, -0.1) is 0 Å². The molecule has 0 saturated carbocycles. The summed E-state index contributed by atoms with van der Waals surface area (Å²) in [5, 5.41) is 14.5. The third-order valence-corrected chi connectivity index (χ3v) is 4.60. The van der Waals surface area contributed by atoms with Crippen LogP contribution in [0.3, 0.4) is 0 Å². The zero-order valence-corrected chi connectivity index (χ0v) is 14.8. The van der Waals surface area contributed by atoms with Gasteiger partial charge in [-0.1, -0.05) is 28.1 Å². The van der Waals surface area contributed by atoms with Crippen LogP contribution in [0.5, 0.6) is 5.75 Å². The highest BCUT2D eigenvalue weighted by molar-refractivity contribution is 9.10. The topological polar surface area (TPSA) is 93.5 Å². The van der Waals surface area contributed by atoms with E-state index in [1.807, 2.05) is 24.3 Å². The van der Waals surface area contributed by atoms with E-state index in [1.165, 1.54) is 12.4 Å². The summed E-state index contributed by atoms with van der Waals surface area (Å²) in [6, 6.07) is 9.05. The first-order valence-electron chi connectivity index (χ1n) is 7.59. The number of nitrogens with zero attached hydrogens (tertiary/aromatic N) is 4. The Kier molecular flexibility index (Phi) is 3.76. The van der Waals surface area contributed by atoms with E-state index in [2.05, 4.69) is 31.0 Å². The Labute approximate surface area is 150 Å². The van der Waals surface area contributed by atoms with Crippen molar-refractivity contribution in [1.29, 1.82) is 0 Å². The molecule has 8 heteroatoms. The van der Waals surface area contributed by atoms with Gasteiger partial charge in [-0.05, 0) is 24.6 Å². The van der Waals surface area contributed by atoms with Crippen molar-refractivity contribution in [3.05, 3.63) is 68.4 Å². The van der Waals surface area contributed by atoms with E-state index < -0.39 is 5.63 Å². The number of fused-ring (bicyclic) bond motifs is 1. The molecule has 0 radical (unpaired) electrons. The molecule has 0 saturated heterocycles. The second-order valence-corrected chi connectivity index (χ2v) is 6.66. The Hall–Kier alpha value is -2.74. The molecule has 0 aliphatic carbocycles. The fourth-order valence-electron chi connectivity index (χ4n) is 2.94. The Morgan fingerprint density at radius 1 is 1.32 bits per heavy atom. The first kappa shape index (κ1) is 15.8. The predicted octanol–water partition coefficient (Wildman–Crippen LogP) is 3.12. The zero-order chi connectivity index (χ0) is 17.6. The highest BCUT2D eigenvalue weighted by Gasteiger charge is 2.29. The van der Waals surface area contributed by atoms with Crippen LogP contribution < -0.4 is 5.63 Å². The molecule has 3 heterocycles. The smallest absolute Gasteiger partial charge is 0.348 e. The van der Waals surface area contributed by atoms with Crippen LogP contribution in [0.25, 0.3) is 0 Å². The molecule has 1 aliphatic heterocycles. The molecule has 0 spiro atoms. The number of hydrogen-bond donors (Lipinski definition) is 1. The van der Waals surface area contributed by atoms with Crippen molar-refractivity contribution in [1.82, 2.24) is 14.8 Å². The summed E-state index contributed by atoms with van der Waals surface area (Å²) in [4.78, 5) is 20.8. The number of aliphatic imine (C=N–C) groups is 1. The molecule has 7 nitrogen and oxygen atoms in total. The van der Waals surface area contributed by atoms with Crippen LogP contribution in [-0.2, 0) is 0 Å². The van der Waals surface area contributed by atoms with Gasteiger partial charge < -0.3 is 9.52 Å². The van der Waals surface area contributed by atoms with E-state index in [9.17, 15) is 9.90 Å². The van der Waals surface area contributed by atoms with Gasteiger partial charge in [0.15, 0.2) is 0 Å². The molecule has 0 bridgehead atoms. The lowest BCUT2D eigenvalue weighted by Crippen LogP contribution is -2.25. The van der Waals surface area contributed by atoms with Gasteiger partial charge in [0.05, 0.1) is 11.8 Å². The highest BCUT2D eigenvalue weighted by atomic mass is 79.9. The van der Waals surface area contributed by atoms with Crippen molar-refractivity contribution in [2.24, 2.45) is 4.99 Å². The van der Waals surface area contributed by atoms with Crippen LogP contribution >= 0.6 is 15.9 Å². The van der Waals surface area contributed by atoms with Crippen LogP contribution in [0, 0.1) is 6.92 Å². The number of aryl methyl sites for hydroxylation is 1. The fourth-order valence-corrected chi connectivity index (χ4v) is 3.21. The molecule has 2 aromatic heterocycles. The van der Waals surface area contributed by atoms with E-state index in [1.54, 1.807) is 11.6 Å². The Morgan fingerprint density at radius 3 is 2.80 bits per heavy atom. The number of rotatable bonds is 2. The van der Waals surface area contributed by atoms with Crippen LogP contribution in [0.2, 0.25) is 0 Å². The lowest BCUT2D eigenvalue weighted by Gasteiger charge is -2.23. The molecule has 3 aromatic rings. The predicted molar refractivity (Wildman–Crippen MR) is 94.5 cm³/mol. The molecular weight excluding hydrogens is 388 g/mol. The van der Waals surface area contributed by atoms with Gasteiger partial charge in [-0.3, -0.25) is 0 Å². The first-order chi connectivity index (χ1) is 12.0. The monoisotopic (exact) mass is 400 g/mol. The molecule has 0 amide bonds. The van der Waals surface area contributed by atoms with Crippen molar-refractivity contribution < 1.29 is 9.52 Å². The number of halogens is 1. The average Bonchev–Trinajstić information content (AvgIpc) is 3.02. The van der Waals surface area contributed by atoms with Gasteiger partial charge in [0, 0.05) is 17.0 Å². The van der Waals surface area contributed by atoms with Gasteiger partial charge in [0.1, 0.15) is 23.4 Å². The first-order valence-corrected chi connectivity index (χ1v) is 8.39. The van der Waals surface area contributed by atoms with Crippen molar-refractivity contribution in [2.75, 3.05) is 0 Å². The third-order valence-electron chi connectivity index (χ3n) is 4.07. The maximum Gasteiger partial charge on any atom is 0.348 e. The Bertz CT molecular complexity index is 1040. The van der Waals surface area contributed by atoms with Crippen molar-refractivity contribution in [3.63, 3.8) is 0 Å². The summed E-state index contributed by atoms with van der Waals surface area (Å²) < 4.78 is 7.80. The molecule has 1 unspecified atom stereocenters. The molecule has 0 fully saturated rings. The van der Waals surface area contributed by atoms with Gasteiger partial charge >= 0.3 is 5.63 Å². The highest BCUT2D eigenvalue weighted by Crippen LogP contribution is 2.33. The third kappa shape index (κ3) is 2.78. The fraction of sp³-hybridized carbons (Fsp3) is 0.176. The summed E-state index contributed by atoms with van der Waals surface area (Å²) in [6.07, 6.45) is 1.81. The number of benzene rings is 1. The standard InChI is InChI=1S/C17H13BrN4O3/c1-9-6-14(23)15(16(24)25-9)12-7-13(10-2-4-11(18)5-3-10)22-17(21-12)19-8-20-22/h2-6,8,13,23H,7H2,1H3. The molecule has 1 aliphatic rings. The van der Waals surface area contributed by atoms with Crippen LogP contribution in [0.1, 0.15) is 29.3 Å². The molecule has 25 heavy (non-hydrogen) atoms. The quantitative estimate of drug-likeness (QED) is 0.712. The Morgan fingerprint density at radius 2 is 2.08 bits per heavy atom. The van der Waals surface area contributed by atoms with E-state index in [0.717, 1.165) is 10.0 Å². The normalized spacial score (nSPS) is 16.4. The van der Waals surface area contributed by atoms with Gasteiger partial charge in [0.2, 0.25) is 5.95 Å². The molecule has 4 rings (SSSR count). The summed E-state index contributed by atoms with van der Waals surface area (Å²) in [5.74, 6) is 0.582. The van der Waals surface area contributed by atoms with E-state index >= 15 is 0 Å². The molecule has 126 valence electrons. The minimum Gasteiger partial charge on any atom is -0.507 e. The summed E-state index contributed by atoms with van der Waals surface area (Å²) >= 11 is 3.42. The van der Waals surface area contributed by atoms with Crippen LogP contribution in [0.4, 0.5) is 5.95 Å². The van der Waals surface area contributed by atoms with Crippen molar-refractivity contribution >= 4 is 27.6 Å². The SMILES string of the molecule is Cc1cc(O)c(C2=Nc3ncnn3C(c3ccc(Br)cc3)C2)c(=O)o1. The molecule has 1 atom stereocenters.